The second-order valence-corrected chi connectivity index (χ2v) is 11.4. The Labute approximate surface area is 230 Å². The Morgan fingerprint density at radius 2 is 1.86 bits per heavy atom. The Morgan fingerprint density at radius 1 is 1.11 bits per heavy atom. The van der Waals surface area contributed by atoms with Crippen molar-refractivity contribution in [3.05, 3.63) is 81.9 Å². The second-order valence-electron chi connectivity index (χ2n) is 10.6. The zero-order valence-corrected chi connectivity index (χ0v) is 23.1. The number of amides is 1. The van der Waals surface area contributed by atoms with Crippen LogP contribution in [-0.2, 0) is 22.4 Å². The van der Waals surface area contributed by atoms with Crippen LogP contribution >= 0.6 is 23.2 Å². The maximum Gasteiger partial charge on any atom is 0.240 e. The van der Waals surface area contributed by atoms with Crippen LogP contribution in [0, 0.1) is 0 Å². The van der Waals surface area contributed by atoms with E-state index in [1.807, 2.05) is 24.0 Å². The fourth-order valence-corrected chi connectivity index (χ4v) is 6.07. The lowest BCUT2D eigenvalue weighted by Crippen LogP contribution is -2.50. The maximum absolute atomic E-state index is 13.9. The topological polar surface area (TPSA) is 66.6 Å². The van der Waals surface area contributed by atoms with Gasteiger partial charge in [0.2, 0.25) is 5.91 Å². The lowest BCUT2D eigenvalue weighted by Gasteiger charge is -2.32. The highest BCUT2D eigenvalue weighted by atomic mass is 35.5. The number of rotatable bonds is 10. The summed E-state index contributed by atoms with van der Waals surface area (Å²) in [6.07, 6.45) is 4.72. The molecule has 0 saturated carbocycles. The molecular weight excluding hydrogens is 505 g/mol. The lowest BCUT2D eigenvalue weighted by atomic mass is 9.96. The number of halogens is 2. The van der Waals surface area contributed by atoms with Crippen molar-refractivity contribution < 1.29 is 9.59 Å². The molecule has 2 fully saturated rings. The van der Waals surface area contributed by atoms with Gasteiger partial charge < -0.3 is 10.6 Å². The van der Waals surface area contributed by atoms with E-state index in [-0.39, 0.29) is 29.8 Å². The maximum atomic E-state index is 13.9. The Kier molecular flexibility index (Phi) is 9.46. The van der Waals surface area contributed by atoms with Gasteiger partial charge in [0, 0.05) is 31.6 Å². The molecule has 2 saturated heterocycles. The number of carbonyl (C=O) groups excluding carboxylic acids is 2. The smallest absolute Gasteiger partial charge is 0.240 e. The van der Waals surface area contributed by atoms with Crippen molar-refractivity contribution in [2.45, 2.75) is 76.0 Å². The average Bonchev–Trinajstić information content (AvgIpc) is 3.22. The molecule has 2 aliphatic heterocycles. The molecule has 7 heteroatoms. The molecule has 1 amide bonds. The van der Waals surface area contributed by atoms with E-state index >= 15 is 0 Å². The van der Waals surface area contributed by atoms with Gasteiger partial charge in [-0.15, -0.1) is 6.58 Å². The van der Waals surface area contributed by atoms with Crippen LogP contribution in [-0.4, -0.2) is 58.7 Å². The summed E-state index contributed by atoms with van der Waals surface area (Å²) in [5, 5.41) is 0.972. The molecule has 2 aromatic rings. The molecule has 2 aliphatic rings. The summed E-state index contributed by atoms with van der Waals surface area (Å²) in [6.45, 7) is 7.27. The summed E-state index contributed by atoms with van der Waals surface area (Å²) < 4.78 is 0. The quantitative estimate of drug-likeness (QED) is 0.405. The van der Waals surface area contributed by atoms with Crippen molar-refractivity contribution in [1.29, 1.82) is 0 Å². The zero-order valence-electron chi connectivity index (χ0n) is 21.5. The van der Waals surface area contributed by atoms with Crippen molar-refractivity contribution in [2.24, 2.45) is 5.73 Å². The molecule has 0 bridgehead atoms. The van der Waals surface area contributed by atoms with Gasteiger partial charge in [-0.1, -0.05) is 65.2 Å². The Hall–Kier alpha value is -2.18. The van der Waals surface area contributed by atoms with Gasteiger partial charge in [-0.3, -0.25) is 14.5 Å². The lowest BCUT2D eigenvalue weighted by molar-refractivity contribution is -0.142. The first-order chi connectivity index (χ1) is 17.7. The normalized spacial score (nSPS) is 23.0. The van der Waals surface area contributed by atoms with Crippen LogP contribution in [0.1, 0.15) is 50.2 Å². The minimum atomic E-state index is -0.515. The molecule has 0 spiro atoms. The third-order valence-corrected chi connectivity index (χ3v) is 8.39. The first-order valence-electron chi connectivity index (χ1n) is 13.2. The average molecular weight is 543 g/mol. The molecule has 198 valence electrons. The molecule has 0 radical (unpaired) electrons. The molecule has 2 heterocycles. The molecule has 5 nitrogen and oxygen atoms in total. The predicted molar refractivity (Wildman–Crippen MR) is 151 cm³/mol. The van der Waals surface area contributed by atoms with Crippen LogP contribution in [0.15, 0.2) is 60.7 Å². The van der Waals surface area contributed by atoms with Crippen molar-refractivity contribution in [2.75, 3.05) is 13.1 Å². The fourth-order valence-electron chi connectivity index (χ4n) is 5.75. The Morgan fingerprint density at radius 3 is 2.57 bits per heavy atom. The van der Waals surface area contributed by atoms with Crippen molar-refractivity contribution in [3.63, 3.8) is 0 Å². The third kappa shape index (κ3) is 7.02. The summed E-state index contributed by atoms with van der Waals surface area (Å²) in [5.41, 5.74) is 9.51. The van der Waals surface area contributed by atoms with Crippen molar-refractivity contribution >= 4 is 34.9 Å². The molecule has 2 N–H and O–H groups in total. The van der Waals surface area contributed by atoms with Crippen LogP contribution in [0.3, 0.4) is 0 Å². The van der Waals surface area contributed by atoms with Crippen LogP contribution in [0.2, 0.25) is 10.0 Å². The highest BCUT2D eigenvalue weighted by Gasteiger charge is 2.45. The molecule has 4 atom stereocenters. The summed E-state index contributed by atoms with van der Waals surface area (Å²) in [7, 11) is 0. The van der Waals surface area contributed by atoms with Gasteiger partial charge in [-0.05, 0) is 68.7 Å². The SMILES string of the molecule is C=C(C)C[C@H](C(=O)CCc1ccc(Cl)c(Cl)c1)N1CCC(CCc2ccccc2)N2C[C@H](N)C[C@H]2C1=O. The molecule has 1 unspecified atom stereocenters. The van der Waals surface area contributed by atoms with E-state index < -0.39 is 6.04 Å². The van der Waals surface area contributed by atoms with Crippen LogP contribution in [0.5, 0.6) is 0 Å². The van der Waals surface area contributed by atoms with Gasteiger partial charge in [0.1, 0.15) is 0 Å². The number of hydrogen-bond acceptors (Lipinski definition) is 4. The number of hydrogen-bond donors (Lipinski definition) is 1. The number of ketones is 1. The standard InChI is InChI=1S/C30H37Cl2N3O2/c1-20(2)16-27(29(36)13-10-22-9-12-25(31)26(32)17-22)34-15-14-24(11-8-21-6-4-3-5-7-21)35-19-23(33)18-28(35)30(34)37/h3-7,9,12,17,23-24,27-28H,1,8,10-11,13-16,18-19,33H2,2H3/t23-,24?,27-,28+/m1/s1. The predicted octanol–water partition coefficient (Wildman–Crippen LogP) is 5.47. The van der Waals surface area contributed by atoms with Gasteiger partial charge in [-0.2, -0.15) is 0 Å². The first kappa shape index (κ1) is 27.8. The van der Waals surface area contributed by atoms with E-state index in [1.54, 1.807) is 12.1 Å². The zero-order chi connectivity index (χ0) is 26.5. The summed E-state index contributed by atoms with van der Waals surface area (Å²) in [5.74, 6) is 0.0864. The summed E-state index contributed by atoms with van der Waals surface area (Å²) in [4.78, 5) is 31.6. The molecule has 0 aliphatic carbocycles. The molecule has 2 aromatic carbocycles. The number of fused-ring (bicyclic) bond motifs is 1. The number of Topliss-reactive ketones (excluding diaryl/α,β-unsaturated/α-hetero) is 1. The van der Waals surface area contributed by atoms with E-state index in [0.717, 1.165) is 36.9 Å². The number of aryl methyl sites for hydroxylation is 2. The number of nitrogens with zero attached hydrogens (tertiary/aromatic N) is 2. The van der Waals surface area contributed by atoms with E-state index in [2.05, 4.69) is 35.7 Å². The highest BCUT2D eigenvalue weighted by molar-refractivity contribution is 6.42. The van der Waals surface area contributed by atoms with Gasteiger partial charge in [0.15, 0.2) is 5.78 Å². The minimum absolute atomic E-state index is 0.0296. The number of carbonyl (C=O) groups is 2. The van der Waals surface area contributed by atoms with Crippen LogP contribution < -0.4 is 5.73 Å². The number of nitrogens with two attached hydrogens (primary N) is 1. The molecular formula is C30H37Cl2N3O2. The van der Waals surface area contributed by atoms with Gasteiger partial charge in [0.25, 0.3) is 0 Å². The van der Waals surface area contributed by atoms with E-state index in [4.69, 9.17) is 28.9 Å². The molecule has 4 rings (SSSR count). The van der Waals surface area contributed by atoms with E-state index in [0.29, 0.717) is 42.3 Å². The van der Waals surface area contributed by atoms with Crippen LogP contribution in [0.4, 0.5) is 0 Å². The Bertz CT molecular complexity index is 1120. The van der Waals surface area contributed by atoms with Crippen molar-refractivity contribution in [3.8, 4) is 0 Å². The van der Waals surface area contributed by atoms with Gasteiger partial charge in [0.05, 0.1) is 22.1 Å². The molecule has 0 aromatic heterocycles. The summed E-state index contributed by atoms with van der Waals surface area (Å²) in [6, 6.07) is 15.3. The first-order valence-corrected chi connectivity index (χ1v) is 13.9. The summed E-state index contributed by atoms with van der Waals surface area (Å²) >= 11 is 12.2. The van der Waals surface area contributed by atoms with Crippen molar-refractivity contribution in [1.82, 2.24) is 9.80 Å². The largest absolute Gasteiger partial charge is 0.331 e. The number of benzene rings is 2. The van der Waals surface area contributed by atoms with E-state index in [9.17, 15) is 9.59 Å². The minimum Gasteiger partial charge on any atom is -0.331 e. The monoisotopic (exact) mass is 541 g/mol. The molecule has 37 heavy (non-hydrogen) atoms. The van der Waals surface area contributed by atoms with Gasteiger partial charge in [-0.25, -0.2) is 0 Å². The Balaban J connectivity index is 1.50. The second kappa shape index (κ2) is 12.6. The third-order valence-electron chi connectivity index (χ3n) is 7.65. The van der Waals surface area contributed by atoms with Gasteiger partial charge >= 0.3 is 0 Å². The highest BCUT2D eigenvalue weighted by Crippen LogP contribution is 2.31. The fraction of sp³-hybridized carbons (Fsp3) is 0.467. The van der Waals surface area contributed by atoms with Crippen LogP contribution in [0.25, 0.3) is 0 Å². The van der Waals surface area contributed by atoms with E-state index in [1.165, 1.54) is 5.56 Å².